The average Bonchev–Trinajstić information content (AvgIpc) is 2.28. The topological polar surface area (TPSA) is 72.5 Å². The van der Waals surface area contributed by atoms with Crippen LogP contribution in [0.25, 0.3) is 0 Å². The maximum atomic E-state index is 13.3. The van der Waals surface area contributed by atoms with Crippen LogP contribution in [0.4, 0.5) is 4.39 Å². The summed E-state index contributed by atoms with van der Waals surface area (Å²) in [6.07, 6.45) is 0.174. The summed E-state index contributed by atoms with van der Waals surface area (Å²) in [5.41, 5.74) is 6.32. The summed E-state index contributed by atoms with van der Waals surface area (Å²) in [4.78, 5) is 10.4. The first-order valence-corrected chi connectivity index (χ1v) is 5.75. The minimum atomic E-state index is -0.931. The number of aliphatic carboxylic acids is 1. The van der Waals surface area contributed by atoms with Crippen molar-refractivity contribution >= 4 is 21.9 Å². The molecule has 94 valence electrons. The van der Waals surface area contributed by atoms with Crippen molar-refractivity contribution in [2.75, 3.05) is 7.11 Å². The molecule has 0 aliphatic carbocycles. The fraction of sp³-hybridized carbons (Fsp3) is 0.364. The lowest BCUT2D eigenvalue weighted by molar-refractivity contribution is -0.137. The van der Waals surface area contributed by atoms with Gasteiger partial charge in [0.25, 0.3) is 0 Å². The van der Waals surface area contributed by atoms with Gasteiger partial charge in [-0.2, -0.15) is 0 Å². The van der Waals surface area contributed by atoms with Crippen LogP contribution in [0.15, 0.2) is 16.6 Å². The Kier molecular flexibility index (Phi) is 4.89. The van der Waals surface area contributed by atoms with E-state index in [9.17, 15) is 9.18 Å². The van der Waals surface area contributed by atoms with Crippen LogP contribution in [-0.4, -0.2) is 18.2 Å². The number of benzene rings is 1. The Hall–Kier alpha value is -1.14. The zero-order valence-electron chi connectivity index (χ0n) is 9.24. The second kappa shape index (κ2) is 5.97. The molecular weight excluding hydrogens is 293 g/mol. The van der Waals surface area contributed by atoms with Crippen molar-refractivity contribution in [3.63, 3.8) is 0 Å². The predicted molar refractivity (Wildman–Crippen MR) is 64.5 cm³/mol. The number of hydrogen-bond donors (Lipinski definition) is 2. The van der Waals surface area contributed by atoms with Gasteiger partial charge in [-0.3, -0.25) is 4.79 Å². The van der Waals surface area contributed by atoms with Gasteiger partial charge in [0.05, 0.1) is 11.6 Å². The lowest BCUT2D eigenvalue weighted by atomic mass is 10.0. The number of ether oxygens (including phenoxy) is 1. The lowest BCUT2D eigenvalue weighted by Gasteiger charge is -2.15. The molecule has 0 aliphatic rings. The maximum Gasteiger partial charge on any atom is 0.303 e. The van der Waals surface area contributed by atoms with Gasteiger partial charge < -0.3 is 15.6 Å². The fourth-order valence-corrected chi connectivity index (χ4v) is 2.12. The molecule has 4 nitrogen and oxygen atoms in total. The zero-order valence-corrected chi connectivity index (χ0v) is 10.8. The molecular formula is C11H13BrFNO3. The van der Waals surface area contributed by atoms with Gasteiger partial charge in [-0.15, -0.1) is 0 Å². The molecule has 0 heterocycles. The Morgan fingerprint density at radius 1 is 1.65 bits per heavy atom. The molecule has 0 fully saturated rings. The van der Waals surface area contributed by atoms with Gasteiger partial charge in [0.2, 0.25) is 0 Å². The monoisotopic (exact) mass is 305 g/mol. The van der Waals surface area contributed by atoms with E-state index < -0.39 is 17.8 Å². The van der Waals surface area contributed by atoms with Gasteiger partial charge in [-0.05, 0) is 34.0 Å². The minimum absolute atomic E-state index is 0.0631. The van der Waals surface area contributed by atoms with Gasteiger partial charge in [-0.25, -0.2) is 4.39 Å². The van der Waals surface area contributed by atoms with Crippen LogP contribution in [0.5, 0.6) is 5.75 Å². The summed E-state index contributed by atoms with van der Waals surface area (Å²) in [7, 11) is 1.42. The molecule has 1 rings (SSSR count). The van der Waals surface area contributed by atoms with Crippen molar-refractivity contribution in [3.8, 4) is 5.75 Å². The van der Waals surface area contributed by atoms with E-state index in [2.05, 4.69) is 15.9 Å². The van der Waals surface area contributed by atoms with Crippen molar-refractivity contribution < 1.29 is 19.0 Å². The molecule has 3 N–H and O–H groups in total. The molecule has 0 amide bonds. The molecule has 0 saturated carbocycles. The van der Waals surface area contributed by atoms with E-state index in [0.29, 0.717) is 15.8 Å². The summed E-state index contributed by atoms with van der Waals surface area (Å²) in [6, 6.07) is 1.96. The molecule has 17 heavy (non-hydrogen) atoms. The van der Waals surface area contributed by atoms with Crippen LogP contribution in [0.2, 0.25) is 0 Å². The quantitative estimate of drug-likeness (QED) is 0.876. The van der Waals surface area contributed by atoms with Crippen molar-refractivity contribution in [1.82, 2.24) is 0 Å². The molecule has 0 spiro atoms. The molecule has 0 aliphatic heterocycles. The first kappa shape index (κ1) is 13.9. The number of rotatable bonds is 5. The highest BCUT2D eigenvalue weighted by Gasteiger charge is 2.16. The number of methoxy groups -OCH3 is 1. The third-order valence-electron chi connectivity index (χ3n) is 2.32. The predicted octanol–water partition coefficient (Wildman–Crippen LogP) is 2.46. The van der Waals surface area contributed by atoms with E-state index in [4.69, 9.17) is 15.6 Å². The van der Waals surface area contributed by atoms with Crippen molar-refractivity contribution in [3.05, 3.63) is 28.0 Å². The van der Waals surface area contributed by atoms with Crippen molar-refractivity contribution in [1.29, 1.82) is 0 Å². The number of hydrogen-bond acceptors (Lipinski definition) is 3. The molecule has 0 aromatic heterocycles. The Morgan fingerprint density at radius 3 is 2.82 bits per heavy atom. The van der Waals surface area contributed by atoms with Crippen LogP contribution in [-0.2, 0) is 4.79 Å². The number of carboxylic acid groups (broad SMARTS) is 1. The van der Waals surface area contributed by atoms with Crippen LogP contribution in [0.3, 0.4) is 0 Å². The number of carboxylic acids is 1. The van der Waals surface area contributed by atoms with Crippen molar-refractivity contribution in [2.24, 2.45) is 5.73 Å². The summed E-state index contributed by atoms with van der Waals surface area (Å²) in [5, 5.41) is 8.57. The van der Waals surface area contributed by atoms with Crippen molar-refractivity contribution in [2.45, 2.75) is 18.9 Å². The lowest BCUT2D eigenvalue weighted by Crippen LogP contribution is -2.13. The molecule has 0 radical (unpaired) electrons. The first-order valence-electron chi connectivity index (χ1n) is 4.96. The largest absolute Gasteiger partial charge is 0.495 e. The zero-order chi connectivity index (χ0) is 13.0. The molecule has 1 aromatic carbocycles. The smallest absolute Gasteiger partial charge is 0.303 e. The van der Waals surface area contributed by atoms with Gasteiger partial charge in [0.1, 0.15) is 11.6 Å². The molecule has 1 aromatic rings. The summed E-state index contributed by atoms with van der Waals surface area (Å²) in [5.74, 6) is -1.06. The first-order chi connectivity index (χ1) is 7.95. The van der Waals surface area contributed by atoms with E-state index in [1.807, 2.05) is 0 Å². The van der Waals surface area contributed by atoms with Crippen LogP contribution < -0.4 is 10.5 Å². The number of halogens is 2. The Morgan fingerprint density at radius 2 is 2.29 bits per heavy atom. The Labute approximate surface area is 107 Å². The third kappa shape index (κ3) is 3.67. The Bertz CT molecular complexity index is 425. The van der Waals surface area contributed by atoms with Gasteiger partial charge in [0.15, 0.2) is 0 Å². The molecule has 1 unspecified atom stereocenters. The van der Waals surface area contributed by atoms with Gasteiger partial charge >= 0.3 is 5.97 Å². The highest BCUT2D eigenvalue weighted by molar-refractivity contribution is 9.10. The highest BCUT2D eigenvalue weighted by Crippen LogP contribution is 2.34. The molecule has 1 atom stereocenters. The SMILES string of the molecule is COc1cc(F)cc(C(N)CCC(=O)O)c1Br. The minimum Gasteiger partial charge on any atom is -0.495 e. The average molecular weight is 306 g/mol. The number of carbonyl (C=O) groups is 1. The second-order valence-corrected chi connectivity index (χ2v) is 4.34. The summed E-state index contributed by atoms with van der Waals surface area (Å²) < 4.78 is 18.8. The Balaban J connectivity index is 2.96. The molecule has 0 saturated heterocycles. The fourth-order valence-electron chi connectivity index (χ4n) is 1.44. The van der Waals surface area contributed by atoms with Gasteiger partial charge in [-0.1, -0.05) is 0 Å². The summed E-state index contributed by atoms with van der Waals surface area (Å²) >= 11 is 3.26. The van der Waals surface area contributed by atoms with E-state index in [1.165, 1.54) is 19.2 Å². The van der Waals surface area contributed by atoms with E-state index in [-0.39, 0.29) is 12.8 Å². The third-order valence-corrected chi connectivity index (χ3v) is 3.17. The van der Waals surface area contributed by atoms with Crippen LogP contribution in [0, 0.1) is 5.82 Å². The van der Waals surface area contributed by atoms with E-state index in [1.54, 1.807) is 0 Å². The van der Waals surface area contributed by atoms with Gasteiger partial charge in [0, 0.05) is 18.5 Å². The van der Waals surface area contributed by atoms with Crippen LogP contribution in [0.1, 0.15) is 24.4 Å². The molecule has 6 heteroatoms. The van der Waals surface area contributed by atoms with E-state index in [0.717, 1.165) is 0 Å². The highest BCUT2D eigenvalue weighted by atomic mass is 79.9. The number of nitrogens with two attached hydrogens (primary N) is 1. The van der Waals surface area contributed by atoms with Crippen LogP contribution >= 0.6 is 15.9 Å². The normalized spacial score (nSPS) is 12.2. The summed E-state index contributed by atoms with van der Waals surface area (Å²) in [6.45, 7) is 0. The van der Waals surface area contributed by atoms with E-state index >= 15 is 0 Å². The molecule has 0 bridgehead atoms. The second-order valence-electron chi connectivity index (χ2n) is 3.55. The maximum absolute atomic E-state index is 13.3. The standard InChI is InChI=1S/C11H13BrFNO3/c1-17-9-5-6(13)4-7(11(9)12)8(14)2-3-10(15)16/h4-5,8H,2-3,14H2,1H3,(H,15,16).